The molecule has 6 heteroatoms. The van der Waals surface area contributed by atoms with Gasteiger partial charge in [-0.3, -0.25) is 4.79 Å². The number of nitrogens with one attached hydrogen (secondary N) is 2. The summed E-state index contributed by atoms with van der Waals surface area (Å²) >= 11 is 0. The van der Waals surface area contributed by atoms with Gasteiger partial charge in [-0.1, -0.05) is 6.92 Å². The first-order chi connectivity index (χ1) is 9.69. The molecule has 0 spiro atoms. The van der Waals surface area contributed by atoms with Crippen molar-refractivity contribution in [3.05, 3.63) is 36.7 Å². The van der Waals surface area contributed by atoms with Gasteiger partial charge < -0.3 is 10.6 Å². The number of aromatic nitrogens is 3. The minimum atomic E-state index is 0.00316. The predicted octanol–water partition coefficient (Wildman–Crippen LogP) is 1.59. The molecular formula is C14H19N5O. The van der Waals surface area contributed by atoms with Gasteiger partial charge in [-0.2, -0.15) is 15.0 Å². The Morgan fingerprint density at radius 3 is 2.50 bits per heavy atom. The lowest BCUT2D eigenvalue weighted by atomic mass is 10.2. The van der Waals surface area contributed by atoms with Crippen molar-refractivity contribution in [2.24, 2.45) is 0 Å². The zero-order valence-corrected chi connectivity index (χ0v) is 11.7. The Balaban J connectivity index is 1.92. The maximum absolute atomic E-state index is 11.8. The molecule has 1 amide bonds. The van der Waals surface area contributed by atoms with Crippen molar-refractivity contribution in [2.75, 3.05) is 11.9 Å². The van der Waals surface area contributed by atoms with Crippen LogP contribution in [0.5, 0.6) is 0 Å². The van der Waals surface area contributed by atoms with E-state index >= 15 is 0 Å². The van der Waals surface area contributed by atoms with Gasteiger partial charge in [-0.25, -0.2) is 0 Å². The molecular weight excluding hydrogens is 254 g/mol. The third-order valence-electron chi connectivity index (χ3n) is 2.84. The van der Waals surface area contributed by atoms with Crippen LogP contribution in [0.3, 0.4) is 0 Å². The number of rotatable bonds is 6. The molecule has 0 aliphatic carbocycles. The fourth-order valence-electron chi connectivity index (χ4n) is 1.94. The fraction of sp³-hybridized carbons (Fsp3) is 0.357. The Morgan fingerprint density at radius 1 is 1.25 bits per heavy atom. The molecule has 0 radical (unpaired) electrons. The summed E-state index contributed by atoms with van der Waals surface area (Å²) in [6.45, 7) is 4.88. The van der Waals surface area contributed by atoms with Gasteiger partial charge in [0.1, 0.15) is 0 Å². The Kier molecular flexibility index (Phi) is 4.84. The standard InChI is InChI=1S/C14H19N5O/c1-3-15-11(2)10-14(20)18-12-4-6-13(7-5-12)19-16-8-9-17-19/h4-9,11,15H,3,10H2,1-2H3,(H,18,20). The summed E-state index contributed by atoms with van der Waals surface area (Å²) in [7, 11) is 0. The van der Waals surface area contributed by atoms with E-state index in [0.29, 0.717) is 6.42 Å². The fourth-order valence-corrected chi connectivity index (χ4v) is 1.94. The van der Waals surface area contributed by atoms with E-state index in [1.54, 1.807) is 12.4 Å². The minimum absolute atomic E-state index is 0.00316. The maximum atomic E-state index is 11.8. The highest BCUT2D eigenvalue weighted by atomic mass is 16.1. The Labute approximate surface area is 118 Å². The molecule has 1 unspecified atom stereocenters. The van der Waals surface area contributed by atoms with Crippen LogP contribution in [0, 0.1) is 0 Å². The molecule has 1 aromatic carbocycles. The normalized spacial score (nSPS) is 12.1. The Hall–Kier alpha value is -2.21. The van der Waals surface area contributed by atoms with E-state index in [1.807, 2.05) is 38.1 Å². The smallest absolute Gasteiger partial charge is 0.225 e. The number of carbonyl (C=O) groups excluding carboxylic acids is 1. The average Bonchev–Trinajstić information content (AvgIpc) is 2.93. The summed E-state index contributed by atoms with van der Waals surface area (Å²) in [4.78, 5) is 13.4. The van der Waals surface area contributed by atoms with Crippen LogP contribution in [0.15, 0.2) is 36.7 Å². The Bertz CT molecular complexity index is 535. The molecule has 0 aliphatic rings. The van der Waals surface area contributed by atoms with Gasteiger partial charge in [-0.15, -0.1) is 0 Å². The summed E-state index contributed by atoms with van der Waals surface area (Å²) in [5, 5.41) is 14.2. The number of nitrogens with zero attached hydrogens (tertiary/aromatic N) is 3. The van der Waals surface area contributed by atoms with E-state index in [-0.39, 0.29) is 11.9 Å². The molecule has 0 fully saturated rings. The molecule has 1 atom stereocenters. The maximum Gasteiger partial charge on any atom is 0.225 e. The lowest BCUT2D eigenvalue weighted by Gasteiger charge is -2.12. The topological polar surface area (TPSA) is 71.8 Å². The summed E-state index contributed by atoms with van der Waals surface area (Å²) in [6.07, 6.45) is 3.70. The van der Waals surface area contributed by atoms with Crippen molar-refractivity contribution in [1.29, 1.82) is 0 Å². The summed E-state index contributed by atoms with van der Waals surface area (Å²) in [5.74, 6) is 0.00316. The third kappa shape index (κ3) is 3.89. The van der Waals surface area contributed by atoms with E-state index in [0.717, 1.165) is 17.9 Å². The van der Waals surface area contributed by atoms with Crippen LogP contribution in [0.4, 0.5) is 5.69 Å². The molecule has 0 bridgehead atoms. The van der Waals surface area contributed by atoms with Gasteiger partial charge in [0.25, 0.3) is 0 Å². The number of amides is 1. The van der Waals surface area contributed by atoms with E-state index in [1.165, 1.54) is 4.80 Å². The molecule has 2 rings (SSSR count). The van der Waals surface area contributed by atoms with Gasteiger partial charge >= 0.3 is 0 Å². The van der Waals surface area contributed by atoms with Crippen LogP contribution in [-0.2, 0) is 4.79 Å². The lowest BCUT2D eigenvalue weighted by Crippen LogP contribution is -2.30. The number of carbonyl (C=O) groups is 1. The molecule has 20 heavy (non-hydrogen) atoms. The largest absolute Gasteiger partial charge is 0.326 e. The van der Waals surface area contributed by atoms with E-state index in [9.17, 15) is 4.79 Å². The number of hydrogen-bond acceptors (Lipinski definition) is 4. The van der Waals surface area contributed by atoms with Crippen molar-refractivity contribution in [3.8, 4) is 5.69 Å². The van der Waals surface area contributed by atoms with Gasteiger partial charge in [0, 0.05) is 18.2 Å². The van der Waals surface area contributed by atoms with Crippen LogP contribution in [-0.4, -0.2) is 33.5 Å². The van der Waals surface area contributed by atoms with Crippen LogP contribution in [0.25, 0.3) is 5.69 Å². The summed E-state index contributed by atoms with van der Waals surface area (Å²) < 4.78 is 0. The molecule has 2 N–H and O–H groups in total. The van der Waals surface area contributed by atoms with Crippen molar-refractivity contribution in [2.45, 2.75) is 26.3 Å². The van der Waals surface area contributed by atoms with Gasteiger partial charge in [0.05, 0.1) is 18.1 Å². The van der Waals surface area contributed by atoms with Crippen LogP contribution >= 0.6 is 0 Å². The zero-order valence-electron chi connectivity index (χ0n) is 11.7. The monoisotopic (exact) mass is 273 g/mol. The molecule has 1 aromatic heterocycles. The second kappa shape index (κ2) is 6.81. The second-order valence-corrected chi connectivity index (χ2v) is 4.58. The lowest BCUT2D eigenvalue weighted by molar-refractivity contribution is -0.116. The highest BCUT2D eigenvalue weighted by molar-refractivity contribution is 5.91. The molecule has 106 valence electrons. The average molecular weight is 273 g/mol. The molecule has 6 nitrogen and oxygen atoms in total. The molecule has 0 aliphatic heterocycles. The molecule has 0 saturated carbocycles. The molecule has 0 saturated heterocycles. The predicted molar refractivity (Wildman–Crippen MR) is 77.7 cm³/mol. The number of benzene rings is 1. The van der Waals surface area contributed by atoms with E-state index in [4.69, 9.17) is 0 Å². The van der Waals surface area contributed by atoms with Crippen molar-refractivity contribution in [1.82, 2.24) is 20.3 Å². The van der Waals surface area contributed by atoms with Crippen LogP contribution in [0.2, 0.25) is 0 Å². The first kappa shape index (κ1) is 14.2. The minimum Gasteiger partial charge on any atom is -0.326 e. The summed E-state index contributed by atoms with van der Waals surface area (Å²) in [6, 6.07) is 7.59. The highest BCUT2D eigenvalue weighted by Gasteiger charge is 2.08. The van der Waals surface area contributed by atoms with Gasteiger partial charge in [-0.05, 0) is 37.7 Å². The zero-order chi connectivity index (χ0) is 14.4. The molecule has 1 heterocycles. The van der Waals surface area contributed by atoms with Crippen LogP contribution < -0.4 is 10.6 Å². The van der Waals surface area contributed by atoms with E-state index in [2.05, 4.69) is 20.8 Å². The van der Waals surface area contributed by atoms with Gasteiger partial charge in [0.15, 0.2) is 0 Å². The van der Waals surface area contributed by atoms with E-state index < -0.39 is 0 Å². The van der Waals surface area contributed by atoms with Crippen LogP contribution in [0.1, 0.15) is 20.3 Å². The first-order valence-corrected chi connectivity index (χ1v) is 6.69. The SMILES string of the molecule is CCNC(C)CC(=O)Nc1ccc(-n2nccn2)cc1. The third-order valence-corrected chi connectivity index (χ3v) is 2.84. The highest BCUT2D eigenvalue weighted by Crippen LogP contribution is 2.12. The summed E-state index contributed by atoms with van der Waals surface area (Å²) in [5.41, 5.74) is 1.63. The number of hydrogen-bond donors (Lipinski definition) is 2. The van der Waals surface area contributed by atoms with Crippen molar-refractivity contribution < 1.29 is 4.79 Å². The van der Waals surface area contributed by atoms with Gasteiger partial charge in [0.2, 0.25) is 5.91 Å². The van der Waals surface area contributed by atoms with Crippen molar-refractivity contribution >= 4 is 11.6 Å². The number of anilines is 1. The molecule has 2 aromatic rings. The Morgan fingerprint density at radius 2 is 1.90 bits per heavy atom. The van der Waals surface area contributed by atoms with Crippen molar-refractivity contribution in [3.63, 3.8) is 0 Å². The quantitative estimate of drug-likeness (QED) is 0.838. The first-order valence-electron chi connectivity index (χ1n) is 6.69. The second-order valence-electron chi connectivity index (χ2n) is 4.58.